The minimum atomic E-state index is -0.231. The molecule has 7 heteroatoms. The maximum Gasteiger partial charge on any atom is 0.249 e. The summed E-state index contributed by atoms with van der Waals surface area (Å²) in [6.45, 7) is 7.36. The van der Waals surface area contributed by atoms with Gasteiger partial charge in [0.15, 0.2) is 5.82 Å². The van der Waals surface area contributed by atoms with Crippen molar-refractivity contribution in [1.82, 2.24) is 15.5 Å². The minimum Gasteiger partial charge on any atom is -0.381 e. The average Bonchev–Trinajstić information content (AvgIpc) is 3.02. The number of aromatic nitrogens is 2. The number of carbonyl (C=O) groups excluding carboxylic acids is 1. The topological polar surface area (TPSA) is 77.3 Å². The van der Waals surface area contributed by atoms with Crippen molar-refractivity contribution in [2.24, 2.45) is 5.92 Å². The van der Waals surface area contributed by atoms with Gasteiger partial charge in [-0.2, -0.15) is 16.7 Å². The van der Waals surface area contributed by atoms with Crippen LogP contribution in [0.3, 0.4) is 0 Å². The maximum atomic E-state index is 12.3. The normalized spacial score (nSPS) is 19.1. The van der Waals surface area contributed by atoms with Crippen molar-refractivity contribution in [3.63, 3.8) is 0 Å². The van der Waals surface area contributed by atoms with Crippen LogP contribution in [-0.2, 0) is 9.53 Å². The molecule has 2 atom stereocenters. The number of thioether (sulfide) groups is 1. The second-order valence-electron chi connectivity index (χ2n) is 5.96. The van der Waals surface area contributed by atoms with Crippen LogP contribution in [0.25, 0.3) is 0 Å². The van der Waals surface area contributed by atoms with Crippen molar-refractivity contribution in [2.45, 2.75) is 50.8 Å². The van der Waals surface area contributed by atoms with Gasteiger partial charge in [-0.3, -0.25) is 4.79 Å². The molecule has 1 aliphatic rings. The van der Waals surface area contributed by atoms with Crippen LogP contribution in [0.2, 0.25) is 0 Å². The number of nitrogens with zero attached hydrogens (tertiary/aromatic N) is 2. The lowest BCUT2D eigenvalue weighted by molar-refractivity contribution is -0.122. The molecular formula is C15H25N3O3S. The van der Waals surface area contributed by atoms with Gasteiger partial charge in [-0.15, -0.1) is 0 Å². The molecule has 0 aromatic carbocycles. The van der Waals surface area contributed by atoms with E-state index < -0.39 is 0 Å². The fourth-order valence-electron chi connectivity index (χ4n) is 2.42. The van der Waals surface area contributed by atoms with E-state index in [1.54, 1.807) is 0 Å². The van der Waals surface area contributed by atoms with Crippen molar-refractivity contribution in [1.29, 1.82) is 0 Å². The standard InChI is InChI=1S/C15H25N3O3S/c1-9(2)13-17-15(21-18-13)12(11-5-7-20-8-6-11)16-14(19)10(3)22-4/h9-12H,5-8H2,1-4H3,(H,16,19). The minimum absolute atomic E-state index is 0.00767. The summed E-state index contributed by atoms with van der Waals surface area (Å²) >= 11 is 1.52. The van der Waals surface area contributed by atoms with Crippen molar-refractivity contribution in [3.05, 3.63) is 11.7 Å². The SMILES string of the molecule is CSC(C)C(=O)NC(c1nc(C(C)C)no1)C1CCOCC1. The monoisotopic (exact) mass is 327 g/mol. The smallest absolute Gasteiger partial charge is 0.249 e. The predicted octanol–water partition coefficient (Wildman–Crippen LogP) is 2.53. The van der Waals surface area contributed by atoms with Gasteiger partial charge < -0.3 is 14.6 Å². The van der Waals surface area contributed by atoms with Gasteiger partial charge in [0.25, 0.3) is 0 Å². The summed E-state index contributed by atoms with van der Waals surface area (Å²) in [6.07, 6.45) is 3.70. The van der Waals surface area contributed by atoms with Gasteiger partial charge in [0.05, 0.1) is 5.25 Å². The number of amides is 1. The number of rotatable bonds is 6. The van der Waals surface area contributed by atoms with Gasteiger partial charge in [-0.05, 0) is 31.9 Å². The quantitative estimate of drug-likeness (QED) is 0.865. The van der Waals surface area contributed by atoms with Crippen LogP contribution in [-0.4, -0.2) is 40.8 Å². The zero-order chi connectivity index (χ0) is 16.1. The van der Waals surface area contributed by atoms with Gasteiger partial charge >= 0.3 is 0 Å². The Kier molecular flexibility index (Phi) is 6.26. The summed E-state index contributed by atoms with van der Waals surface area (Å²) in [7, 11) is 0. The molecule has 1 aromatic heterocycles. The number of hydrogen-bond donors (Lipinski definition) is 1. The second-order valence-corrected chi connectivity index (χ2v) is 7.14. The van der Waals surface area contributed by atoms with Crippen molar-refractivity contribution in [3.8, 4) is 0 Å². The average molecular weight is 327 g/mol. The molecule has 1 saturated heterocycles. The summed E-state index contributed by atoms with van der Waals surface area (Å²) < 4.78 is 10.9. The van der Waals surface area contributed by atoms with Crippen LogP contribution in [0.5, 0.6) is 0 Å². The molecule has 124 valence electrons. The van der Waals surface area contributed by atoms with Crippen molar-refractivity contribution >= 4 is 17.7 Å². The van der Waals surface area contributed by atoms with Crippen LogP contribution in [0.4, 0.5) is 0 Å². The Bertz CT molecular complexity index is 486. The molecule has 0 spiro atoms. The Morgan fingerprint density at radius 2 is 2.00 bits per heavy atom. The van der Waals surface area contributed by atoms with Gasteiger partial charge in [-0.1, -0.05) is 19.0 Å². The van der Waals surface area contributed by atoms with Gasteiger partial charge in [0.1, 0.15) is 6.04 Å². The molecule has 2 heterocycles. The van der Waals surface area contributed by atoms with E-state index in [0.717, 1.165) is 12.8 Å². The zero-order valence-corrected chi connectivity index (χ0v) is 14.5. The first-order chi connectivity index (χ1) is 10.5. The predicted molar refractivity (Wildman–Crippen MR) is 85.8 cm³/mol. The molecule has 1 amide bonds. The van der Waals surface area contributed by atoms with E-state index in [9.17, 15) is 4.79 Å². The Morgan fingerprint density at radius 3 is 2.55 bits per heavy atom. The molecule has 0 bridgehead atoms. The van der Waals surface area contributed by atoms with Gasteiger partial charge in [0.2, 0.25) is 11.8 Å². The third-order valence-electron chi connectivity index (χ3n) is 4.00. The molecular weight excluding hydrogens is 302 g/mol. The highest BCUT2D eigenvalue weighted by atomic mass is 32.2. The molecule has 6 nitrogen and oxygen atoms in total. The molecule has 2 unspecified atom stereocenters. The van der Waals surface area contributed by atoms with E-state index in [1.807, 2.05) is 27.0 Å². The molecule has 2 rings (SSSR count). The van der Waals surface area contributed by atoms with Crippen LogP contribution in [0, 0.1) is 5.92 Å². The molecule has 0 aliphatic carbocycles. The second kappa shape index (κ2) is 7.97. The van der Waals surface area contributed by atoms with Crippen LogP contribution < -0.4 is 5.32 Å². The Balaban J connectivity index is 2.17. The van der Waals surface area contributed by atoms with Gasteiger partial charge in [-0.25, -0.2) is 0 Å². The number of hydrogen-bond acceptors (Lipinski definition) is 6. The summed E-state index contributed by atoms with van der Waals surface area (Å²) in [4.78, 5) is 16.8. The van der Waals surface area contributed by atoms with E-state index in [2.05, 4.69) is 15.5 Å². The van der Waals surface area contributed by atoms with Crippen molar-refractivity contribution < 1.29 is 14.1 Å². The first kappa shape index (κ1) is 17.3. The molecule has 1 aliphatic heterocycles. The lowest BCUT2D eigenvalue weighted by Gasteiger charge is -2.29. The van der Waals surface area contributed by atoms with E-state index >= 15 is 0 Å². The lowest BCUT2D eigenvalue weighted by atomic mass is 9.91. The summed E-state index contributed by atoms with van der Waals surface area (Å²) in [5, 5.41) is 7.02. The van der Waals surface area contributed by atoms with Crippen molar-refractivity contribution in [2.75, 3.05) is 19.5 Å². The third kappa shape index (κ3) is 4.23. The largest absolute Gasteiger partial charge is 0.381 e. The number of ether oxygens (including phenoxy) is 1. The third-order valence-corrected chi connectivity index (χ3v) is 4.92. The van der Waals surface area contributed by atoms with E-state index in [0.29, 0.717) is 24.9 Å². The number of carbonyl (C=O) groups is 1. The van der Waals surface area contributed by atoms with Crippen LogP contribution in [0.15, 0.2) is 4.52 Å². The highest BCUT2D eigenvalue weighted by molar-refractivity contribution is 7.99. The summed E-state index contributed by atoms with van der Waals surface area (Å²) in [5.41, 5.74) is 0. The molecule has 1 N–H and O–H groups in total. The highest BCUT2D eigenvalue weighted by Gasteiger charge is 2.32. The number of nitrogens with one attached hydrogen (secondary N) is 1. The summed E-state index contributed by atoms with van der Waals surface area (Å²) in [5.74, 6) is 1.67. The van der Waals surface area contributed by atoms with E-state index in [1.165, 1.54) is 11.8 Å². The molecule has 1 fully saturated rings. The highest BCUT2D eigenvalue weighted by Crippen LogP contribution is 2.30. The zero-order valence-electron chi connectivity index (χ0n) is 13.7. The molecule has 1 aromatic rings. The Hall–Kier alpha value is -1.08. The van der Waals surface area contributed by atoms with E-state index in [4.69, 9.17) is 9.26 Å². The van der Waals surface area contributed by atoms with Gasteiger partial charge in [0, 0.05) is 19.1 Å². The summed E-state index contributed by atoms with van der Waals surface area (Å²) in [6, 6.07) is -0.231. The molecule has 0 saturated carbocycles. The fraction of sp³-hybridized carbons (Fsp3) is 0.800. The molecule has 0 radical (unpaired) electrons. The van der Waals surface area contributed by atoms with Crippen LogP contribution in [0.1, 0.15) is 57.3 Å². The first-order valence-corrected chi connectivity index (χ1v) is 9.06. The fourth-order valence-corrected chi connectivity index (χ4v) is 2.70. The molecule has 22 heavy (non-hydrogen) atoms. The first-order valence-electron chi connectivity index (χ1n) is 7.77. The van der Waals surface area contributed by atoms with E-state index in [-0.39, 0.29) is 29.0 Å². The maximum absolute atomic E-state index is 12.3. The Morgan fingerprint density at radius 1 is 1.32 bits per heavy atom. The van der Waals surface area contributed by atoms with Crippen LogP contribution >= 0.6 is 11.8 Å². The Labute approximate surface area is 135 Å². The lowest BCUT2D eigenvalue weighted by Crippen LogP contribution is -2.39.